The second-order valence-corrected chi connectivity index (χ2v) is 15.3. The summed E-state index contributed by atoms with van der Waals surface area (Å²) in [5.74, 6) is 4.78. The highest BCUT2D eigenvalue weighted by atomic mass is 16.7. The zero-order valence-electron chi connectivity index (χ0n) is 25.1. The molecule has 214 valence electrons. The fraction of sp³-hybridized carbons (Fsp3) is 1.00. The lowest BCUT2D eigenvalue weighted by atomic mass is 9.43. The van der Waals surface area contributed by atoms with Crippen molar-refractivity contribution in [1.82, 2.24) is 0 Å². The van der Waals surface area contributed by atoms with Crippen molar-refractivity contribution < 1.29 is 19.3 Å². The molecule has 37 heavy (non-hydrogen) atoms. The van der Waals surface area contributed by atoms with Gasteiger partial charge in [0.1, 0.15) is 0 Å². The van der Waals surface area contributed by atoms with Crippen LogP contribution in [0.15, 0.2) is 0 Å². The standard InChI is InChI=1S/C33H58O4/c1-21(2)9-8-10-22(3)27-11-12-28-26-18-33(36-20-24(5)37-33)30-17-25(35-19-23(4)34)13-15-32(30,7)29(26)14-16-31(27,28)6/h21-30,34H,8-20H2,1-7H3. The molecule has 4 aliphatic carbocycles. The molecule has 4 heteroatoms. The van der Waals surface area contributed by atoms with Gasteiger partial charge in [-0.15, -0.1) is 0 Å². The molecule has 1 heterocycles. The number of hydrogen-bond donors (Lipinski definition) is 1. The topological polar surface area (TPSA) is 47.9 Å². The first-order valence-corrected chi connectivity index (χ1v) is 16.1. The van der Waals surface area contributed by atoms with Gasteiger partial charge >= 0.3 is 0 Å². The number of aliphatic hydroxyl groups is 1. The number of aliphatic hydroxyl groups excluding tert-OH is 1. The van der Waals surface area contributed by atoms with Gasteiger partial charge < -0.3 is 19.3 Å². The molecular formula is C33H58O4. The monoisotopic (exact) mass is 518 g/mol. The van der Waals surface area contributed by atoms with Crippen molar-refractivity contribution in [3.63, 3.8) is 0 Å². The third-order valence-corrected chi connectivity index (χ3v) is 12.4. The lowest BCUT2D eigenvalue weighted by Gasteiger charge is -2.65. The van der Waals surface area contributed by atoms with Gasteiger partial charge in [-0.3, -0.25) is 0 Å². The van der Waals surface area contributed by atoms with E-state index in [1.165, 1.54) is 51.4 Å². The minimum Gasteiger partial charge on any atom is -0.391 e. The maximum absolute atomic E-state index is 9.83. The fourth-order valence-electron chi connectivity index (χ4n) is 10.7. The van der Waals surface area contributed by atoms with Crippen LogP contribution < -0.4 is 0 Å². The minimum absolute atomic E-state index is 0.173. The van der Waals surface area contributed by atoms with Crippen molar-refractivity contribution in [2.24, 2.45) is 52.3 Å². The molecule has 0 radical (unpaired) electrons. The van der Waals surface area contributed by atoms with E-state index in [0.29, 0.717) is 23.9 Å². The van der Waals surface area contributed by atoms with E-state index in [0.717, 1.165) is 55.5 Å². The predicted octanol–water partition coefficient (Wildman–Crippen LogP) is 7.62. The normalized spacial score (nSPS) is 49.1. The maximum Gasteiger partial charge on any atom is 0.172 e. The summed E-state index contributed by atoms with van der Waals surface area (Å²) in [4.78, 5) is 0. The average molecular weight is 519 g/mol. The molecular weight excluding hydrogens is 460 g/mol. The van der Waals surface area contributed by atoms with Gasteiger partial charge in [0.05, 0.1) is 31.5 Å². The zero-order valence-corrected chi connectivity index (χ0v) is 25.1. The summed E-state index contributed by atoms with van der Waals surface area (Å²) in [6.45, 7) is 17.8. The van der Waals surface area contributed by atoms with Gasteiger partial charge in [-0.1, -0.05) is 53.9 Å². The van der Waals surface area contributed by atoms with Gasteiger partial charge in [0.25, 0.3) is 0 Å². The van der Waals surface area contributed by atoms with E-state index in [1.807, 2.05) is 6.92 Å². The molecule has 12 atom stereocenters. The molecule has 12 unspecified atom stereocenters. The Morgan fingerprint density at radius 2 is 1.68 bits per heavy atom. The van der Waals surface area contributed by atoms with Crippen molar-refractivity contribution in [2.45, 2.75) is 143 Å². The SMILES string of the molecule is CC(C)CCCC(C)C1CCC2C3CC4(OCC(C)O4)C4CC(OCC(C)O)CCC4(C)C3CCC12C. The van der Waals surface area contributed by atoms with Crippen LogP contribution in [0.3, 0.4) is 0 Å². The van der Waals surface area contributed by atoms with Crippen molar-refractivity contribution >= 4 is 0 Å². The van der Waals surface area contributed by atoms with Crippen molar-refractivity contribution in [3.05, 3.63) is 0 Å². The van der Waals surface area contributed by atoms with Crippen LogP contribution in [-0.2, 0) is 14.2 Å². The Hall–Kier alpha value is -0.160. The van der Waals surface area contributed by atoms with Crippen LogP contribution in [-0.4, -0.2) is 42.4 Å². The Labute approximate surface area is 228 Å². The van der Waals surface area contributed by atoms with Crippen LogP contribution in [0.2, 0.25) is 0 Å². The first-order chi connectivity index (χ1) is 17.5. The number of hydrogen-bond acceptors (Lipinski definition) is 4. The Balaban J connectivity index is 1.37. The number of ether oxygens (including phenoxy) is 3. The Bertz CT molecular complexity index is 780. The summed E-state index contributed by atoms with van der Waals surface area (Å²) in [6.07, 6.45) is 14.2. The highest BCUT2D eigenvalue weighted by Gasteiger charge is 2.68. The summed E-state index contributed by atoms with van der Waals surface area (Å²) in [6, 6.07) is 0. The molecule has 5 fully saturated rings. The van der Waals surface area contributed by atoms with Crippen LogP contribution in [0.25, 0.3) is 0 Å². The van der Waals surface area contributed by atoms with Gasteiger partial charge in [0.15, 0.2) is 5.79 Å². The smallest absolute Gasteiger partial charge is 0.172 e. The van der Waals surface area contributed by atoms with E-state index < -0.39 is 11.9 Å². The number of rotatable bonds is 8. The first-order valence-electron chi connectivity index (χ1n) is 16.1. The lowest BCUT2D eigenvalue weighted by Crippen LogP contribution is -2.63. The van der Waals surface area contributed by atoms with E-state index in [-0.39, 0.29) is 17.6 Å². The third-order valence-electron chi connectivity index (χ3n) is 12.4. The Kier molecular flexibility index (Phi) is 8.19. The molecule has 0 aromatic rings. The predicted molar refractivity (Wildman–Crippen MR) is 149 cm³/mol. The third kappa shape index (κ3) is 5.08. The fourth-order valence-corrected chi connectivity index (χ4v) is 10.7. The molecule has 4 saturated carbocycles. The average Bonchev–Trinajstić information content (AvgIpc) is 3.38. The molecule has 4 nitrogen and oxygen atoms in total. The van der Waals surface area contributed by atoms with Crippen molar-refractivity contribution in [3.8, 4) is 0 Å². The quantitative estimate of drug-likeness (QED) is 0.359. The van der Waals surface area contributed by atoms with E-state index >= 15 is 0 Å². The maximum atomic E-state index is 9.83. The molecule has 0 bridgehead atoms. The summed E-state index contributed by atoms with van der Waals surface area (Å²) in [7, 11) is 0. The minimum atomic E-state index is -0.443. The Morgan fingerprint density at radius 3 is 2.35 bits per heavy atom. The van der Waals surface area contributed by atoms with Crippen molar-refractivity contribution in [2.75, 3.05) is 13.2 Å². The van der Waals surface area contributed by atoms with Crippen LogP contribution in [0, 0.1) is 52.3 Å². The summed E-state index contributed by atoms with van der Waals surface area (Å²) in [5.41, 5.74) is 0.727. The zero-order chi connectivity index (χ0) is 26.6. The summed E-state index contributed by atoms with van der Waals surface area (Å²) >= 11 is 0. The molecule has 1 spiro atoms. The molecule has 1 saturated heterocycles. The van der Waals surface area contributed by atoms with Gasteiger partial charge in [0.2, 0.25) is 0 Å². The van der Waals surface area contributed by atoms with Crippen LogP contribution in [0.1, 0.15) is 119 Å². The van der Waals surface area contributed by atoms with Crippen LogP contribution in [0.5, 0.6) is 0 Å². The molecule has 0 amide bonds. The second-order valence-electron chi connectivity index (χ2n) is 15.3. The second kappa shape index (κ2) is 10.7. The van der Waals surface area contributed by atoms with Gasteiger partial charge in [-0.25, -0.2) is 0 Å². The molecule has 5 aliphatic rings. The molecule has 5 rings (SSSR count). The van der Waals surface area contributed by atoms with Gasteiger partial charge in [-0.05, 0) is 105 Å². The number of fused-ring (bicyclic) bond motifs is 6. The van der Waals surface area contributed by atoms with Crippen LogP contribution >= 0.6 is 0 Å². The highest BCUT2D eigenvalue weighted by molar-refractivity contribution is 5.14. The van der Waals surface area contributed by atoms with Crippen molar-refractivity contribution in [1.29, 1.82) is 0 Å². The molecule has 0 aromatic carbocycles. The van der Waals surface area contributed by atoms with E-state index in [9.17, 15) is 5.11 Å². The molecule has 1 aliphatic heterocycles. The summed E-state index contributed by atoms with van der Waals surface area (Å²) in [5, 5.41) is 9.83. The van der Waals surface area contributed by atoms with Crippen LogP contribution in [0.4, 0.5) is 0 Å². The highest BCUT2D eigenvalue weighted by Crippen LogP contribution is 2.71. The first kappa shape index (κ1) is 28.4. The molecule has 1 N–H and O–H groups in total. The van der Waals surface area contributed by atoms with Gasteiger partial charge in [0, 0.05) is 12.3 Å². The largest absolute Gasteiger partial charge is 0.391 e. The van der Waals surface area contributed by atoms with E-state index in [1.54, 1.807) is 0 Å². The lowest BCUT2D eigenvalue weighted by molar-refractivity contribution is -0.304. The molecule has 0 aromatic heterocycles. The van der Waals surface area contributed by atoms with Gasteiger partial charge in [-0.2, -0.15) is 0 Å². The Morgan fingerprint density at radius 1 is 0.946 bits per heavy atom. The van der Waals surface area contributed by atoms with E-state index in [2.05, 4.69) is 41.5 Å². The summed E-state index contributed by atoms with van der Waals surface area (Å²) < 4.78 is 19.8. The van der Waals surface area contributed by atoms with E-state index in [4.69, 9.17) is 14.2 Å².